The summed E-state index contributed by atoms with van der Waals surface area (Å²) < 4.78 is 5.55. The topological polar surface area (TPSA) is 58.6 Å². The molecule has 1 aromatic carbocycles. The molecule has 1 N–H and O–H groups in total. The number of anilines is 1. The van der Waals surface area contributed by atoms with Gasteiger partial charge in [0.2, 0.25) is 5.91 Å². The van der Waals surface area contributed by atoms with Crippen LogP contribution in [0.1, 0.15) is 45.6 Å². The van der Waals surface area contributed by atoms with Crippen LogP contribution in [-0.4, -0.2) is 37.6 Å². The first-order valence-corrected chi connectivity index (χ1v) is 8.65. The highest BCUT2D eigenvalue weighted by Gasteiger charge is 2.27. The normalized spacial score (nSPS) is 18.3. The van der Waals surface area contributed by atoms with E-state index in [9.17, 15) is 9.59 Å². The number of nitrogens with zero attached hydrogens (tertiary/aromatic N) is 1. The van der Waals surface area contributed by atoms with E-state index in [4.69, 9.17) is 4.74 Å². The lowest BCUT2D eigenvalue weighted by molar-refractivity contribution is -0.129. The number of nitrogens with one attached hydrogen (secondary N) is 1. The van der Waals surface area contributed by atoms with E-state index in [1.54, 1.807) is 4.90 Å². The van der Waals surface area contributed by atoms with E-state index in [-0.39, 0.29) is 24.5 Å². The molecule has 0 bridgehead atoms. The highest BCUT2D eigenvalue weighted by atomic mass is 16.5. The van der Waals surface area contributed by atoms with Crippen LogP contribution < -0.4 is 10.2 Å². The van der Waals surface area contributed by atoms with Crippen molar-refractivity contribution in [1.82, 2.24) is 5.32 Å². The van der Waals surface area contributed by atoms with Crippen molar-refractivity contribution in [3.8, 4) is 0 Å². The van der Waals surface area contributed by atoms with Gasteiger partial charge >= 0.3 is 0 Å². The highest BCUT2D eigenvalue weighted by molar-refractivity contribution is 5.95. The molecule has 2 rings (SSSR count). The molecule has 0 radical (unpaired) electrons. The molecular weight excluding hydrogens is 304 g/mol. The van der Waals surface area contributed by atoms with Crippen LogP contribution in [0.5, 0.6) is 0 Å². The van der Waals surface area contributed by atoms with Gasteiger partial charge in [-0.1, -0.05) is 39.8 Å². The van der Waals surface area contributed by atoms with E-state index < -0.39 is 0 Å². The second-order valence-electron chi connectivity index (χ2n) is 7.09. The molecule has 0 saturated carbocycles. The van der Waals surface area contributed by atoms with Gasteiger partial charge in [0, 0.05) is 18.7 Å². The summed E-state index contributed by atoms with van der Waals surface area (Å²) in [4.78, 5) is 25.7. The standard InChI is InChI=1S/C19H28N2O3/c1-13(2)9-18(22)20-10-17-11-21(19(23)12-24-17)16-7-5-15(6-8-16)14(3)4/h5-8,13-14,17H,9-12H2,1-4H3,(H,20,22). The molecule has 1 fully saturated rings. The van der Waals surface area contributed by atoms with Crippen molar-refractivity contribution in [3.05, 3.63) is 29.8 Å². The minimum atomic E-state index is -0.177. The minimum absolute atomic E-state index is 0.0262. The van der Waals surface area contributed by atoms with Crippen LogP contribution in [0.3, 0.4) is 0 Å². The summed E-state index contributed by atoms with van der Waals surface area (Å²) in [6.07, 6.45) is 0.329. The van der Waals surface area contributed by atoms with E-state index >= 15 is 0 Å². The van der Waals surface area contributed by atoms with Gasteiger partial charge in [-0.15, -0.1) is 0 Å². The van der Waals surface area contributed by atoms with E-state index in [0.29, 0.717) is 31.3 Å². The quantitative estimate of drug-likeness (QED) is 0.871. The Bertz CT molecular complexity index is 566. The van der Waals surface area contributed by atoms with Crippen LogP contribution in [0.4, 0.5) is 5.69 Å². The predicted molar refractivity (Wildman–Crippen MR) is 95.1 cm³/mol. The van der Waals surface area contributed by atoms with E-state index in [1.807, 2.05) is 26.0 Å². The van der Waals surface area contributed by atoms with Gasteiger partial charge in [0.25, 0.3) is 5.91 Å². The Balaban J connectivity index is 1.95. The number of carbonyl (C=O) groups excluding carboxylic acids is 2. The smallest absolute Gasteiger partial charge is 0.253 e. The first-order chi connectivity index (χ1) is 11.4. The lowest BCUT2D eigenvalue weighted by Crippen LogP contribution is -2.50. The number of carbonyl (C=O) groups is 2. The Kier molecular flexibility index (Phi) is 6.37. The van der Waals surface area contributed by atoms with Gasteiger partial charge < -0.3 is 15.0 Å². The zero-order valence-corrected chi connectivity index (χ0v) is 15.0. The second kappa shape index (κ2) is 8.29. The molecule has 0 aromatic heterocycles. The molecule has 1 aromatic rings. The number of ether oxygens (including phenoxy) is 1. The van der Waals surface area contributed by atoms with Gasteiger partial charge in [0.1, 0.15) is 6.61 Å². The Morgan fingerprint density at radius 3 is 2.50 bits per heavy atom. The summed E-state index contributed by atoms with van der Waals surface area (Å²) in [5.41, 5.74) is 2.13. The number of rotatable bonds is 6. The number of benzene rings is 1. The van der Waals surface area contributed by atoms with E-state index in [0.717, 1.165) is 5.69 Å². The van der Waals surface area contributed by atoms with Crippen LogP contribution in [-0.2, 0) is 14.3 Å². The van der Waals surface area contributed by atoms with Crippen molar-refractivity contribution in [2.24, 2.45) is 5.92 Å². The van der Waals surface area contributed by atoms with Crippen molar-refractivity contribution in [1.29, 1.82) is 0 Å². The van der Waals surface area contributed by atoms with Gasteiger partial charge in [0.15, 0.2) is 0 Å². The third kappa shape index (κ3) is 5.06. The third-order valence-electron chi connectivity index (χ3n) is 4.12. The molecule has 5 heteroatoms. The number of hydrogen-bond acceptors (Lipinski definition) is 3. The fraction of sp³-hybridized carbons (Fsp3) is 0.579. The average Bonchev–Trinajstić information content (AvgIpc) is 2.53. The zero-order valence-electron chi connectivity index (χ0n) is 15.0. The molecule has 0 aliphatic carbocycles. The van der Waals surface area contributed by atoms with Gasteiger partial charge in [-0.05, 0) is 29.5 Å². The van der Waals surface area contributed by atoms with Crippen LogP contribution in [0.15, 0.2) is 24.3 Å². The molecule has 132 valence electrons. The Hall–Kier alpha value is -1.88. The largest absolute Gasteiger partial charge is 0.365 e. The van der Waals surface area contributed by atoms with Crippen molar-refractivity contribution in [2.75, 3.05) is 24.6 Å². The van der Waals surface area contributed by atoms with Gasteiger partial charge in [-0.2, -0.15) is 0 Å². The molecule has 1 aliphatic heterocycles. The van der Waals surface area contributed by atoms with Crippen LogP contribution in [0.2, 0.25) is 0 Å². The average molecular weight is 332 g/mol. The minimum Gasteiger partial charge on any atom is -0.365 e. The Morgan fingerprint density at radius 2 is 1.92 bits per heavy atom. The summed E-state index contributed by atoms with van der Waals surface area (Å²) >= 11 is 0. The maximum atomic E-state index is 12.2. The second-order valence-corrected chi connectivity index (χ2v) is 7.09. The fourth-order valence-electron chi connectivity index (χ4n) is 2.71. The lowest BCUT2D eigenvalue weighted by atomic mass is 10.0. The maximum Gasteiger partial charge on any atom is 0.253 e. The Morgan fingerprint density at radius 1 is 1.25 bits per heavy atom. The summed E-state index contributed by atoms with van der Waals surface area (Å²) in [6.45, 7) is 9.25. The summed E-state index contributed by atoms with van der Waals surface area (Å²) in [6, 6.07) is 8.07. The van der Waals surface area contributed by atoms with E-state index in [1.165, 1.54) is 5.56 Å². The molecule has 1 aliphatic rings. The van der Waals surface area contributed by atoms with Gasteiger partial charge in [0.05, 0.1) is 12.6 Å². The molecule has 1 unspecified atom stereocenters. The first-order valence-electron chi connectivity index (χ1n) is 8.65. The SMILES string of the molecule is CC(C)CC(=O)NCC1CN(c2ccc(C(C)C)cc2)C(=O)CO1. The number of hydrogen-bond donors (Lipinski definition) is 1. The molecular formula is C19H28N2O3. The highest BCUT2D eigenvalue weighted by Crippen LogP contribution is 2.22. The fourth-order valence-corrected chi connectivity index (χ4v) is 2.71. The summed E-state index contributed by atoms with van der Waals surface area (Å²) in [7, 11) is 0. The summed E-state index contributed by atoms with van der Waals surface area (Å²) in [5.74, 6) is 0.772. The summed E-state index contributed by atoms with van der Waals surface area (Å²) in [5, 5.41) is 2.89. The molecule has 5 nitrogen and oxygen atoms in total. The van der Waals surface area contributed by atoms with Gasteiger partial charge in [-0.25, -0.2) is 0 Å². The van der Waals surface area contributed by atoms with Crippen LogP contribution >= 0.6 is 0 Å². The molecule has 1 saturated heterocycles. The first kappa shape index (κ1) is 18.5. The number of morpholine rings is 1. The third-order valence-corrected chi connectivity index (χ3v) is 4.12. The zero-order chi connectivity index (χ0) is 17.7. The molecule has 24 heavy (non-hydrogen) atoms. The maximum absolute atomic E-state index is 12.2. The molecule has 1 atom stereocenters. The monoisotopic (exact) mass is 332 g/mol. The predicted octanol–water partition coefficient (Wildman–Crippen LogP) is 2.70. The van der Waals surface area contributed by atoms with Crippen molar-refractivity contribution >= 4 is 17.5 Å². The van der Waals surface area contributed by atoms with Crippen molar-refractivity contribution in [3.63, 3.8) is 0 Å². The van der Waals surface area contributed by atoms with Crippen molar-refractivity contribution < 1.29 is 14.3 Å². The van der Waals surface area contributed by atoms with Gasteiger partial charge in [-0.3, -0.25) is 9.59 Å². The molecule has 2 amide bonds. The van der Waals surface area contributed by atoms with Crippen molar-refractivity contribution in [2.45, 2.75) is 46.1 Å². The van der Waals surface area contributed by atoms with E-state index in [2.05, 4.69) is 31.3 Å². The molecule has 0 spiro atoms. The van der Waals surface area contributed by atoms with Crippen LogP contribution in [0.25, 0.3) is 0 Å². The van der Waals surface area contributed by atoms with Crippen LogP contribution in [0, 0.1) is 5.92 Å². The Labute approximate surface area is 144 Å². The number of amides is 2. The molecule has 1 heterocycles. The lowest BCUT2D eigenvalue weighted by Gasteiger charge is -2.33.